The molecule has 1 heterocycles. The van der Waals surface area contributed by atoms with E-state index in [1.807, 2.05) is 31.2 Å². The van der Waals surface area contributed by atoms with E-state index in [1.54, 1.807) is 4.90 Å². The van der Waals surface area contributed by atoms with Crippen molar-refractivity contribution in [3.63, 3.8) is 0 Å². The third-order valence-corrected chi connectivity index (χ3v) is 3.47. The number of rotatable bonds is 3. The summed E-state index contributed by atoms with van der Waals surface area (Å²) in [5.74, 6) is 0.0699. The van der Waals surface area contributed by atoms with E-state index in [9.17, 15) is 4.79 Å². The lowest BCUT2D eigenvalue weighted by atomic mass is 10.1. The van der Waals surface area contributed by atoms with Crippen molar-refractivity contribution < 1.29 is 14.6 Å². The smallest absolute Gasteiger partial charge is 0.227 e. The van der Waals surface area contributed by atoms with Gasteiger partial charge in [-0.3, -0.25) is 4.79 Å². The molecule has 1 fully saturated rings. The van der Waals surface area contributed by atoms with Crippen LogP contribution in [-0.4, -0.2) is 47.8 Å². The number of hydrogen-bond donors (Lipinski definition) is 2. The Bertz CT molecular complexity index is 435. The number of carbonyl (C=O) groups is 1. The van der Waals surface area contributed by atoms with Gasteiger partial charge in [-0.1, -0.05) is 12.1 Å². The normalized spacial score (nSPS) is 23.4. The van der Waals surface area contributed by atoms with Gasteiger partial charge in [-0.2, -0.15) is 0 Å². The largest absolute Gasteiger partial charge is 0.394 e. The van der Waals surface area contributed by atoms with Gasteiger partial charge in [0.1, 0.15) is 0 Å². The van der Waals surface area contributed by atoms with E-state index in [2.05, 4.69) is 12.6 Å². The van der Waals surface area contributed by atoms with Crippen LogP contribution >= 0.6 is 12.6 Å². The van der Waals surface area contributed by atoms with E-state index in [0.29, 0.717) is 19.5 Å². The summed E-state index contributed by atoms with van der Waals surface area (Å²) in [4.78, 5) is 14.9. The van der Waals surface area contributed by atoms with Gasteiger partial charge in [0.05, 0.1) is 25.2 Å². The van der Waals surface area contributed by atoms with E-state index < -0.39 is 0 Å². The molecule has 104 valence electrons. The van der Waals surface area contributed by atoms with Crippen molar-refractivity contribution in [1.82, 2.24) is 4.90 Å². The number of carbonyl (C=O) groups excluding carboxylic acids is 1. The summed E-state index contributed by atoms with van der Waals surface area (Å²) >= 11 is 4.22. The number of aliphatic hydroxyl groups is 1. The Balaban J connectivity index is 1.97. The van der Waals surface area contributed by atoms with Crippen LogP contribution in [0.5, 0.6) is 0 Å². The van der Waals surface area contributed by atoms with Crippen molar-refractivity contribution in [2.75, 3.05) is 19.7 Å². The minimum absolute atomic E-state index is 0.0327. The average molecular weight is 281 g/mol. The fourth-order valence-corrected chi connectivity index (χ4v) is 2.40. The number of aliphatic hydroxyl groups excluding tert-OH is 1. The molecule has 2 atom stereocenters. The van der Waals surface area contributed by atoms with Gasteiger partial charge in [-0.25, -0.2) is 0 Å². The summed E-state index contributed by atoms with van der Waals surface area (Å²) in [6.07, 6.45) is 0.0704. The highest BCUT2D eigenvalue weighted by Crippen LogP contribution is 2.14. The fourth-order valence-electron chi connectivity index (χ4n) is 2.25. The second-order valence-electron chi connectivity index (χ2n) is 4.89. The van der Waals surface area contributed by atoms with Crippen molar-refractivity contribution in [3.8, 4) is 0 Å². The van der Waals surface area contributed by atoms with Crippen LogP contribution in [0, 0.1) is 0 Å². The molecule has 1 N–H and O–H groups in total. The fraction of sp³-hybridized carbons (Fsp3) is 0.500. The van der Waals surface area contributed by atoms with Gasteiger partial charge < -0.3 is 14.7 Å². The molecule has 1 saturated heterocycles. The molecule has 4 nitrogen and oxygen atoms in total. The summed E-state index contributed by atoms with van der Waals surface area (Å²) in [5, 5.41) is 9.16. The first-order valence-corrected chi connectivity index (χ1v) is 6.85. The predicted octanol–water partition coefficient (Wildman–Crippen LogP) is 1.13. The zero-order valence-corrected chi connectivity index (χ0v) is 11.8. The van der Waals surface area contributed by atoms with E-state index in [4.69, 9.17) is 9.84 Å². The molecule has 19 heavy (non-hydrogen) atoms. The number of thiol groups is 1. The van der Waals surface area contributed by atoms with Crippen molar-refractivity contribution in [2.24, 2.45) is 0 Å². The Morgan fingerprint density at radius 1 is 1.42 bits per heavy atom. The second-order valence-corrected chi connectivity index (χ2v) is 5.41. The quantitative estimate of drug-likeness (QED) is 0.817. The Morgan fingerprint density at radius 2 is 2.11 bits per heavy atom. The van der Waals surface area contributed by atoms with Crippen molar-refractivity contribution in [1.29, 1.82) is 0 Å². The van der Waals surface area contributed by atoms with Gasteiger partial charge in [0.25, 0.3) is 0 Å². The van der Waals surface area contributed by atoms with Crippen LogP contribution in [0.3, 0.4) is 0 Å². The minimum atomic E-state index is -0.271. The molecule has 2 rings (SSSR count). The molecule has 1 aliphatic heterocycles. The van der Waals surface area contributed by atoms with E-state index >= 15 is 0 Å². The highest BCUT2D eigenvalue weighted by molar-refractivity contribution is 7.80. The maximum Gasteiger partial charge on any atom is 0.227 e. The highest BCUT2D eigenvalue weighted by atomic mass is 32.1. The standard InChI is InChI=1S/C14H19NO3S/c1-10-7-15(8-12(9-16)18-10)14(17)6-11-2-4-13(19)5-3-11/h2-5,10,12,16,19H,6-9H2,1H3. The maximum atomic E-state index is 12.2. The van der Waals surface area contributed by atoms with E-state index in [-0.39, 0.29) is 24.7 Å². The first kappa shape index (κ1) is 14.4. The summed E-state index contributed by atoms with van der Waals surface area (Å²) in [5.41, 5.74) is 0.975. The molecule has 0 aromatic heterocycles. The van der Waals surface area contributed by atoms with Crippen molar-refractivity contribution in [3.05, 3.63) is 29.8 Å². The van der Waals surface area contributed by atoms with Crippen LogP contribution in [0.4, 0.5) is 0 Å². The summed E-state index contributed by atoms with van der Waals surface area (Å²) in [7, 11) is 0. The van der Waals surface area contributed by atoms with Crippen molar-refractivity contribution in [2.45, 2.75) is 30.4 Å². The molecular formula is C14H19NO3S. The molecule has 1 aliphatic rings. The molecule has 0 radical (unpaired) electrons. The molecule has 1 aromatic carbocycles. The van der Waals surface area contributed by atoms with Crippen LogP contribution in [0.15, 0.2) is 29.2 Å². The van der Waals surface area contributed by atoms with Crippen LogP contribution < -0.4 is 0 Å². The molecule has 1 amide bonds. The van der Waals surface area contributed by atoms with Crippen molar-refractivity contribution >= 4 is 18.5 Å². The topological polar surface area (TPSA) is 49.8 Å². The number of morpholine rings is 1. The Morgan fingerprint density at radius 3 is 2.74 bits per heavy atom. The van der Waals surface area contributed by atoms with Crippen LogP contribution in [0.1, 0.15) is 12.5 Å². The van der Waals surface area contributed by atoms with Gasteiger partial charge in [0, 0.05) is 18.0 Å². The molecular weight excluding hydrogens is 262 g/mol. The van der Waals surface area contributed by atoms with E-state index in [0.717, 1.165) is 10.5 Å². The molecule has 0 bridgehead atoms. The zero-order valence-electron chi connectivity index (χ0n) is 11.0. The second kappa shape index (κ2) is 6.41. The molecule has 2 unspecified atom stereocenters. The van der Waals surface area contributed by atoms with E-state index in [1.165, 1.54) is 0 Å². The third-order valence-electron chi connectivity index (χ3n) is 3.17. The molecule has 0 saturated carbocycles. The molecule has 1 aromatic rings. The number of amides is 1. The summed E-state index contributed by atoms with van der Waals surface area (Å²) < 4.78 is 5.53. The Labute approximate surface area is 118 Å². The van der Waals surface area contributed by atoms with Gasteiger partial charge in [-0.05, 0) is 24.6 Å². The van der Waals surface area contributed by atoms with Gasteiger partial charge >= 0.3 is 0 Å². The lowest BCUT2D eigenvalue weighted by Crippen LogP contribution is -2.50. The lowest BCUT2D eigenvalue weighted by Gasteiger charge is -2.36. The number of hydrogen-bond acceptors (Lipinski definition) is 4. The van der Waals surface area contributed by atoms with Crippen LogP contribution in [0.25, 0.3) is 0 Å². The lowest BCUT2D eigenvalue weighted by molar-refractivity contribution is -0.146. The number of ether oxygens (including phenoxy) is 1. The highest BCUT2D eigenvalue weighted by Gasteiger charge is 2.27. The first-order valence-electron chi connectivity index (χ1n) is 6.40. The van der Waals surface area contributed by atoms with Gasteiger partial charge in [-0.15, -0.1) is 12.6 Å². The van der Waals surface area contributed by atoms with Gasteiger partial charge in [0.15, 0.2) is 0 Å². The third kappa shape index (κ3) is 3.96. The summed E-state index contributed by atoms with van der Waals surface area (Å²) in [6, 6.07) is 7.58. The molecule has 0 spiro atoms. The number of nitrogens with zero attached hydrogens (tertiary/aromatic N) is 1. The van der Waals surface area contributed by atoms with Gasteiger partial charge in [0.2, 0.25) is 5.91 Å². The monoisotopic (exact) mass is 281 g/mol. The molecule has 5 heteroatoms. The maximum absolute atomic E-state index is 12.2. The Kier molecular flexibility index (Phi) is 4.85. The average Bonchev–Trinajstić information content (AvgIpc) is 2.40. The van der Waals surface area contributed by atoms with Crippen LogP contribution in [0.2, 0.25) is 0 Å². The first-order chi connectivity index (χ1) is 9.08. The zero-order chi connectivity index (χ0) is 13.8. The Hall–Kier alpha value is -1.04. The SMILES string of the molecule is CC1CN(C(=O)Cc2ccc(S)cc2)CC(CO)O1. The predicted molar refractivity (Wildman–Crippen MR) is 75.4 cm³/mol. The molecule has 0 aliphatic carbocycles. The van der Waals surface area contributed by atoms with Crippen LogP contribution in [-0.2, 0) is 16.0 Å². The minimum Gasteiger partial charge on any atom is -0.394 e. The number of benzene rings is 1. The summed E-state index contributed by atoms with van der Waals surface area (Å²) in [6.45, 7) is 2.91.